The Labute approximate surface area is 152 Å². The van der Waals surface area contributed by atoms with Gasteiger partial charge in [0.25, 0.3) is 0 Å². The Kier molecular flexibility index (Phi) is 7.02. The largest absolute Gasteiger partial charge is 0.508 e. The molecule has 0 radical (unpaired) electrons. The summed E-state index contributed by atoms with van der Waals surface area (Å²) in [5, 5.41) is 12.2. The fraction of sp³-hybridized carbons (Fsp3) is 0.300. The summed E-state index contributed by atoms with van der Waals surface area (Å²) in [6, 6.07) is 13.3. The predicted molar refractivity (Wildman–Crippen MR) is 96.8 cm³/mol. The highest BCUT2D eigenvalue weighted by molar-refractivity contribution is 5.81. The lowest BCUT2D eigenvalue weighted by atomic mass is 9.98. The molecule has 0 bridgehead atoms. The molecule has 1 atom stereocenters. The number of aryl methyl sites for hydroxylation is 1. The van der Waals surface area contributed by atoms with Gasteiger partial charge < -0.3 is 19.9 Å². The number of carbonyl (C=O) groups is 2. The van der Waals surface area contributed by atoms with Crippen molar-refractivity contribution in [3.05, 3.63) is 65.2 Å². The first-order chi connectivity index (χ1) is 12.5. The smallest absolute Gasteiger partial charge is 0.408 e. The van der Waals surface area contributed by atoms with Crippen LogP contribution in [0.15, 0.2) is 48.5 Å². The van der Waals surface area contributed by atoms with Crippen LogP contribution in [0.25, 0.3) is 0 Å². The Morgan fingerprint density at radius 3 is 2.50 bits per heavy atom. The molecule has 2 rings (SSSR count). The quantitative estimate of drug-likeness (QED) is 0.744. The molecule has 0 heterocycles. The third-order valence-corrected chi connectivity index (χ3v) is 3.99. The van der Waals surface area contributed by atoms with Crippen molar-refractivity contribution in [1.29, 1.82) is 0 Å². The Bertz CT molecular complexity index is 745. The number of rotatable bonds is 7. The van der Waals surface area contributed by atoms with E-state index in [2.05, 4.69) is 5.32 Å². The number of phenolic OH excluding ortho intramolecular Hbond substituents is 1. The maximum absolute atomic E-state index is 12.1. The van der Waals surface area contributed by atoms with E-state index in [-0.39, 0.29) is 18.8 Å². The fourth-order valence-corrected chi connectivity index (χ4v) is 2.60. The lowest BCUT2D eigenvalue weighted by molar-refractivity contribution is -0.143. The van der Waals surface area contributed by atoms with Crippen LogP contribution in [-0.4, -0.2) is 30.3 Å². The summed E-state index contributed by atoms with van der Waals surface area (Å²) < 4.78 is 9.96. The van der Waals surface area contributed by atoms with Crippen LogP contribution >= 0.6 is 0 Å². The number of hydrogen-bond donors (Lipinski definition) is 2. The van der Waals surface area contributed by atoms with Crippen LogP contribution < -0.4 is 5.32 Å². The minimum atomic E-state index is -0.877. The van der Waals surface area contributed by atoms with Gasteiger partial charge in [-0.15, -0.1) is 0 Å². The molecule has 2 N–H and O–H groups in total. The molecule has 0 aliphatic heterocycles. The first-order valence-corrected chi connectivity index (χ1v) is 8.39. The highest BCUT2D eigenvalue weighted by Gasteiger charge is 2.23. The molecule has 2 aromatic rings. The van der Waals surface area contributed by atoms with E-state index < -0.39 is 18.1 Å². The van der Waals surface area contributed by atoms with Crippen LogP contribution in [0.4, 0.5) is 4.79 Å². The van der Waals surface area contributed by atoms with E-state index in [4.69, 9.17) is 9.47 Å². The van der Waals surface area contributed by atoms with Crippen LogP contribution in [0.3, 0.4) is 0 Å². The molecular formula is C20H23NO5. The Balaban J connectivity index is 2.03. The number of aromatic hydroxyl groups is 1. The molecule has 0 aliphatic rings. The normalized spacial score (nSPS) is 11.5. The van der Waals surface area contributed by atoms with Crippen LogP contribution in [0, 0.1) is 0 Å². The molecule has 138 valence electrons. The van der Waals surface area contributed by atoms with Gasteiger partial charge in [0.15, 0.2) is 0 Å². The van der Waals surface area contributed by atoms with Crippen molar-refractivity contribution in [2.45, 2.75) is 32.4 Å². The van der Waals surface area contributed by atoms with Crippen molar-refractivity contribution < 1.29 is 24.2 Å². The molecule has 0 fully saturated rings. The second-order valence-corrected chi connectivity index (χ2v) is 5.79. The summed E-state index contributed by atoms with van der Waals surface area (Å²) in [5.74, 6) is -0.396. The van der Waals surface area contributed by atoms with Gasteiger partial charge in [0, 0.05) is 6.42 Å². The van der Waals surface area contributed by atoms with Gasteiger partial charge in [0.05, 0.1) is 7.11 Å². The highest BCUT2D eigenvalue weighted by Crippen LogP contribution is 2.19. The molecular weight excluding hydrogens is 334 g/mol. The summed E-state index contributed by atoms with van der Waals surface area (Å²) in [4.78, 5) is 24.1. The van der Waals surface area contributed by atoms with E-state index in [1.165, 1.54) is 7.11 Å². The zero-order valence-corrected chi connectivity index (χ0v) is 14.9. The fourth-order valence-electron chi connectivity index (χ4n) is 2.60. The van der Waals surface area contributed by atoms with Gasteiger partial charge in [-0.1, -0.05) is 43.3 Å². The van der Waals surface area contributed by atoms with Crippen LogP contribution in [0.1, 0.15) is 23.6 Å². The minimum absolute atomic E-state index is 0.111. The number of nitrogens with one attached hydrogen (secondary N) is 1. The predicted octanol–water partition coefficient (Wildman–Crippen LogP) is 2.97. The van der Waals surface area contributed by atoms with E-state index >= 15 is 0 Å². The standard InChI is InChI=1S/C20H23NO5/c1-3-15-11-17(22)10-9-16(15)12-18(19(23)25-2)21-20(24)26-13-14-7-5-4-6-8-14/h4-11,18,22H,3,12-13H2,1-2H3,(H,21,24). The number of phenols is 1. The number of ether oxygens (including phenoxy) is 2. The van der Waals surface area contributed by atoms with E-state index in [1.807, 2.05) is 37.3 Å². The first-order valence-electron chi connectivity index (χ1n) is 8.39. The number of benzene rings is 2. The van der Waals surface area contributed by atoms with Crippen LogP contribution in [0.2, 0.25) is 0 Å². The lowest BCUT2D eigenvalue weighted by Gasteiger charge is -2.18. The zero-order valence-electron chi connectivity index (χ0n) is 14.9. The number of esters is 1. The van der Waals surface area contributed by atoms with Crippen molar-refractivity contribution in [2.75, 3.05) is 7.11 Å². The number of carbonyl (C=O) groups excluding carboxylic acids is 2. The van der Waals surface area contributed by atoms with Gasteiger partial charge in [0.2, 0.25) is 0 Å². The second-order valence-electron chi connectivity index (χ2n) is 5.79. The summed E-state index contributed by atoms with van der Waals surface area (Å²) >= 11 is 0. The lowest BCUT2D eigenvalue weighted by Crippen LogP contribution is -2.43. The Hall–Kier alpha value is -3.02. The van der Waals surface area contributed by atoms with Gasteiger partial charge >= 0.3 is 12.1 Å². The molecule has 1 unspecified atom stereocenters. The number of amides is 1. The average molecular weight is 357 g/mol. The van der Waals surface area contributed by atoms with Crippen molar-refractivity contribution in [3.8, 4) is 5.75 Å². The van der Waals surface area contributed by atoms with E-state index in [9.17, 15) is 14.7 Å². The molecule has 6 nitrogen and oxygen atoms in total. The van der Waals surface area contributed by atoms with Gasteiger partial charge in [0.1, 0.15) is 18.4 Å². The minimum Gasteiger partial charge on any atom is -0.508 e. The van der Waals surface area contributed by atoms with Crippen molar-refractivity contribution in [2.24, 2.45) is 0 Å². The number of hydrogen-bond acceptors (Lipinski definition) is 5. The van der Waals surface area contributed by atoms with Crippen LogP contribution in [0.5, 0.6) is 5.75 Å². The highest BCUT2D eigenvalue weighted by atomic mass is 16.6. The van der Waals surface area contributed by atoms with E-state index in [0.717, 1.165) is 16.7 Å². The number of methoxy groups -OCH3 is 1. The monoisotopic (exact) mass is 357 g/mol. The summed E-state index contributed by atoms with van der Waals surface area (Å²) in [6.07, 6.45) is 0.244. The second kappa shape index (κ2) is 9.46. The van der Waals surface area contributed by atoms with E-state index in [1.54, 1.807) is 18.2 Å². The van der Waals surface area contributed by atoms with Crippen molar-refractivity contribution in [1.82, 2.24) is 5.32 Å². The maximum Gasteiger partial charge on any atom is 0.408 e. The molecule has 1 amide bonds. The van der Waals surface area contributed by atoms with Gasteiger partial charge in [-0.3, -0.25) is 0 Å². The average Bonchev–Trinajstić information content (AvgIpc) is 2.67. The molecule has 6 heteroatoms. The van der Waals surface area contributed by atoms with Gasteiger partial charge in [-0.25, -0.2) is 9.59 Å². The van der Waals surface area contributed by atoms with Crippen molar-refractivity contribution >= 4 is 12.1 Å². The topological polar surface area (TPSA) is 84.9 Å². The summed E-state index contributed by atoms with van der Waals surface area (Å²) in [7, 11) is 1.27. The maximum atomic E-state index is 12.1. The first kappa shape index (κ1) is 19.3. The Morgan fingerprint density at radius 1 is 1.12 bits per heavy atom. The van der Waals surface area contributed by atoms with E-state index in [0.29, 0.717) is 6.42 Å². The SMILES string of the molecule is CCc1cc(O)ccc1CC(NC(=O)OCc1ccccc1)C(=O)OC. The molecule has 0 aromatic heterocycles. The zero-order chi connectivity index (χ0) is 18.9. The van der Waals surface area contributed by atoms with Crippen molar-refractivity contribution in [3.63, 3.8) is 0 Å². The van der Waals surface area contributed by atoms with Gasteiger partial charge in [-0.05, 0) is 35.2 Å². The Morgan fingerprint density at radius 2 is 1.85 bits per heavy atom. The summed E-state index contributed by atoms with van der Waals surface area (Å²) in [5.41, 5.74) is 2.60. The molecule has 26 heavy (non-hydrogen) atoms. The van der Waals surface area contributed by atoms with Gasteiger partial charge in [-0.2, -0.15) is 0 Å². The van der Waals surface area contributed by atoms with Crippen LogP contribution in [-0.2, 0) is 33.7 Å². The third kappa shape index (κ3) is 5.51. The molecule has 2 aromatic carbocycles. The molecule has 0 saturated heterocycles. The molecule has 0 spiro atoms. The molecule has 0 aliphatic carbocycles. The molecule has 0 saturated carbocycles. The third-order valence-electron chi connectivity index (χ3n) is 3.99. The number of alkyl carbamates (subject to hydrolysis) is 1. The summed E-state index contributed by atoms with van der Waals surface area (Å²) in [6.45, 7) is 2.06.